The summed E-state index contributed by atoms with van der Waals surface area (Å²) < 4.78 is 15.2. The van der Waals surface area contributed by atoms with E-state index in [1.54, 1.807) is 22.9 Å². The Balaban J connectivity index is 1.92. The van der Waals surface area contributed by atoms with Gasteiger partial charge >= 0.3 is 0 Å². The van der Waals surface area contributed by atoms with E-state index >= 15 is 0 Å². The highest BCUT2D eigenvalue weighted by Gasteiger charge is 2.16. The fourth-order valence-electron chi connectivity index (χ4n) is 2.36. The second-order valence-electron chi connectivity index (χ2n) is 5.25. The minimum Gasteiger partial charge on any atom is -0.493 e. The average molecular weight is 358 g/mol. The van der Waals surface area contributed by atoms with Crippen LogP contribution in [0.4, 0.5) is 10.1 Å². The first-order chi connectivity index (χ1) is 11.6. The fraction of sp³-hybridized carbons (Fsp3) is 0.111. The van der Waals surface area contributed by atoms with E-state index in [9.17, 15) is 9.50 Å². The van der Waals surface area contributed by atoms with Crippen LogP contribution in [0.5, 0.6) is 5.88 Å². The highest BCUT2D eigenvalue weighted by molar-refractivity contribution is 7.73. The van der Waals surface area contributed by atoms with Crippen LogP contribution in [0.25, 0.3) is 0 Å². The molecule has 3 aromatic rings. The standard InChI is InChI=1S/C18H15FN2OS2/c1-12(13-5-3-2-4-6-13)21-17(22)16(24-18(21)23)11-20-15-9-7-14(19)8-10-15/h2-12,22H,1H3/t12-/m0/s1. The van der Waals surface area contributed by atoms with Crippen molar-refractivity contribution in [2.45, 2.75) is 13.0 Å². The van der Waals surface area contributed by atoms with Crippen LogP contribution in [-0.2, 0) is 0 Å². The predicted molar refractivity (Wildman–Crippen MR) is 98.7 cm³/mol. The first-order valence-corrected chi connectivity index (χ1v) is 8.57. The van der Waals surface area contributed by atoms with Crippen molar-refractivity contribution < 1.29 is 9.50 Å². The van der Waals surface area contributed by atoms with Crippen molar-refractivity contribution in [1.82, 2.24) is 4.57 Å². The monoisotopic (exact) mass is 358 g/mol. The van der Waals surface area contributed by atoms with Gasteiger partial charge in [0.1, 0.15) is 10.7 Å². The van der Waals surface area contributed by atoms with Gasteiger partial charge in [0.25, 0.3) is 0 Å². The van der Waals surface area contributed by atoms with Crippen LogP contribution in [0.15, 0.2) is 59.6 Å². The highest BCUT2D eigenvalue weighted by Crippen LogP contribution is 2.31. The van der Waals surface area contributed by atoms with Gasteiger partial charge in [0, 0.05) is 0 Å². The molecule has 3 rings (SSSR count). The molecule has 1 aromatic heterocycles. The molecule has 0 aliphatic carbocycles. The summed E-state index contributed by atoms with van der Waals surface area (Å²) in [6.07, 6.45) is 1.55. The summed E-state index contributed by atoms with van der Waals surface area (Å²) in [4.78, 5) is 4.84. The van der Waals surface area contributed by atoms with Crippen molar-refractivity contribution in [3.8, 4) is 5.88 Å². The van der Waals surface area contributed by atoms with Gasteiger partial charge in [-0.3, -0.25) is 9.56 Å². The molecule has 0 saturated heterocycles. The molecule has 0 radical (unpaired) electrons. The van der Waals surface area contributed by atoms with Gasteiger partial charge in [-0.25, -0.2) is 4.39 Å². The lowest BCUT2D eigenvalue weighted by Gasteiger charge is -2.14. The Morgan fingerprint density at radius 3 is 2.50 bits per heavy atom. The molecule has 24 heavy (non-hydrogen) atoms. The van der Waals surface area contributed by atoms with Crippen molar-refractivity contribution in [1.29, 1.82) is 0 Å². The van der Waals surface area contributed by atoms with Gasteiger partial charge in [-0.15, -0.1) is 0 Å². The summed E-state index contributed by atoms with van der Waals surface area (Å²) in [6, 6.07) is 15.6. The van der Waals surface area contributed by atoms with E-state index in [1.165, 1.54) is 23.5 Å². The van der Waals surface area contributed by atoms with Crippen LogP contribution in [0.3, 0.4) is 0 Å². The van der Waals surface area contributed by atoms with Gasteiger partial charge in [0.2, 0.25) is 5.88 Å². The van der Waals surface area contributed by atoms with Gasteiger partial charge < -0.3 is 5.11 Å². The molecule has 0 aliphatic heterocycles. The molecule has 0 aliphatic rings. The summed E-state index contributed by atoms with van der Waals surface area (Å²) in [5.41, 5.74) is 1.67. The molecule has 1 heterocycles. The molecular weight excluding hydrogens is 343 g/mol. The van der Waals surface area contributed by atoms with Crippen LogP contribution >= 0.6 is 23.6 Å². The largest absolute Gasteiger partial charge is 0.493 e. The smallest absolute Gasteiger partial charge is 0.212 e. The van der Waals surface area contributed by atoms with Crippen LogP contribution in [0, 0.1) is 9.77 Å². The third kappa shape index (κ3) is 3.44. The molecule has 0 amide bonds. The van der Waals surface area contributed by atoms with Crippen LogP contribution < -0.4 is 0 Å². The number of halogens is 1. The second kappa shape index (κ2) is 7.07. The number of aromatic nitrogens is 1. The lowest BCUT2D eigenvalue weighted by atomic mass is 10.1. The number of benzene rings is 2. The lowest BCUT2D eigenvalue weighted by molar-refractivity contribution is 0.405. The van der Waals surface area contributed by atoms with Gasteiger partial charge in [-0.1, -0.05) is 41.7 Å². The fourth-order valence-corrected chi connectivity index (χ4v) is 3.70. The first-order valence-electron chi connectivity index (χ1n) is 7.35. The number of aromatic hydroxyl groups is 1. The number of nitrogens with zero attached hydrogens (tertiary/aromatic N) is 2. The molecular formula is C18H15FN2OS2. The van der Waals surface area contributed by atoms with E-state index in [0.29, 0.717) is 14.5 Å². The Kier molecular flexibility index (Phi) is 4.87. The van der Waals surface area contributed by atoms with Gasteiger partial charge in [0.05, 0.1) is 17.9 Å². The van der Waals surface area contributed by atoms with Crippen molar-refractivity contribution >= 4 is 35.5 Å². The summed E-state index contributed by atoms with van der Waals surface area (Å²) >= 11 is 6.69. The van der Waals surface area contributed by atoms with Crippen LogP contribution in [-0.4, -0.2) is 15.9 Å². The topological polar surface area (TPSA) is 37.5 Å². The Hall–Kier alpha value is -2.31. The van der Waals surface area contributed by atoms with Crippen LogP contribution in [0.2, 0.25) is 0 Å². The third-order valence-corrected chi connectivity index (χ3v) is 5.00. The normalized spacial score (nSPS) is 12.6. The summed E-state index contributed by atoms with van der Waals surface area (Å²) in [5, 5.41) is 10.5. The van der Waals surface area contributed by atoms with E-state index in [2.05, 4.69) is 4.99 Å². The molecule has 1 atom stereocenters. The number of hydrogen-bond acceptors (Lipinski definition) is 4. The zero-order chi connectivity index (χ0) is 17.1. The number of hydrogen-bond donors (Lipinski definition) is 1. The van der Waals surface area contributed by atoms with Crippen molar-refractivity contribution in [3.05, 3.63) is 74.8 Å². The quantitative estimate of drug-likeness (QED) is 0.495. The Bertz CT molecular complexity index is 914. The third-order valence-electron chi connectivity index (χ3n) is 3.67. The molecule has 0 spiro atoms. The Labute approximate surface area is 148 Å². The molecule has 0 saturated carbocycles. The van der Waals surface area contributed by atoms with E-state index in [4.69, 9.17) is 12.2 Å². The summed E-state index contributed by atoms with van der Waals surface area (Å²) in [6.45, 7) is 1.98. The molecule has 0 fully saturated rings. The van der Waals surface area contributed by atoms with Gasteiger partial charge in [-0.05, 0) is 49.0 Å². The van der Waals surface area contributed by atoms with E-state index in [0.717, 1.165) is 5.56 Å². The SMILES string of the molecule is C[C@@H](c1ccccc1)n1c(O)c(C=Nc2ccc(F)cc2)sc1=S. The maximum Gasteiger partial charge on any atom is 0.212 e. The van der Waals surface area contributed by atoms with Gasteiger partial charge in [0.15, 0.2) is 3.95 Å². The molecule has 6 heteroatoms. The maximum absolute atomic E-state index is 12.9. The Morgan fingerprint density at radius 1 is 1.17 bits per heavy atom. The molecule has 1 N–H and O–H groups in total. The Morgan fingerprint density at radius 2 is 1.83 bits per heavy atom. The maximum atomic E-state index is 12.9. The average Bonchev–Trinajstić information content (AvgIpc) is 2.88. The highest BCUT2D eigenvalue weighted by atomic mass is 32.1. The van der Waals surface area contributed by atoms with Crippen molar-refractivity contribution in [2.24, 2.45) is 4.99 Å². The van der Waals surface area contributed by atoms with Crippen LogP contribution in [0.1, 0.15) is 23.4 Å². The minimum absolute atomic E-state index is 0.0806. The zero-order valence-corrected chi connectivity index (χ0v) is 14.5. The minimum atomic E-state index is -0.310. The summed E-state index contributed by atoms with van der Waals surface area (Å²) in [7, 11) is 0. The second-order valence-corrected chi connectivity index (χ2v) is 6.92. The lowest BCUT2D eigenvalue weighted by Crippen LogP contribution is -2.06. The van der Waals surface area contributed by atoms with E-state index in [-0.39, 0.29) is 17.7 Å². The van der Waals surface area contributed by atoms with Gasteiger partial charge in [-0.2, -0.15) is 0 Å². The van der Waals surface area contributed by atoms with Crippen molar-refractivity contribution in [2.75, 3.05) is 0 Å². The zero-order valence-electron chi connectivity index (χ0n) is 12.9. The first kappa shape index (κ1) is 16.5. The molecule has 0 unspecified atom stereocenters. The number of aliphatic imine (C=N–C) groups is 1. The molecule has 122 valence electrons. The predicted octanol–water partition coefficient (Wildman–Crippen LogP) is 5.48. The van der Waals surface area contributed by atoms with E-state index in [1.807, 2.05) is 37.3 Å². The molecule has 3 nitrogen and oxygen atoms in total. The van der Waals surface area contributed by atoms with E-state index < -0.39 is 0 Å². The number of thiazole rings is 1. The molecule has 0 bridgehead atoms. The number of rotatable bonds is 4. The van der Waals surface area contributed by atoms with Crippen molar-refractivity contribution in [3.63, 3.8) is 0 Å². The summed E-state index contributed by atoms with van der Waals surface area (Å²) in [5.74, 6) is -0.220. The molecule has 2 aromatic carbocycles.